The van der Waals surface area contributed by atoms with Crippen LogP contribution in [-0.2, 0) is 0 Å². The molecule has 0 aliphatic carbocycles. The molecule has 0 saturated carbocycles. The minimum Gasteiger partial charge on any atom is -0.492 e. The van der Waals surface area contributed by atoms with E-state index in [4.69, 9.17) is 0 Å². The van der Waals surface area contributed by atoms with Crippen molar-refractivity contribution < 1.29 is 5.11 Å². The van der Waals surface area contributed by atoms with E-state index in [-0.39, 0.29) is 5.88 Å². The molecule has 0 radical (unpaired) electrons. The van der Waals surface area contributed by atoms with Gasteiger partial charge < -0.3 is 5.11 Å². The van der Waals surface area contributed by atoms with Crippen LogP contribution in [0.1, 0.15) is 5.82 Å². The van der Waals surface area contributed by atoms with E-state index in [1.807, 2.05) is 0 Å². The van der Waals surface area contributed by atoms with Gasteiger partial charge in [-0.2, -0.15) is 4.98 Å². The molecule has 0 spiro atoms. The Labute approximate surface area is 61.3 Å². The number of hydrogen-bond acceptors (Lipinski definition) is 5. The van der Waals surface area contributed by atoms with Gasteiger partial charge in [0.15, 0.2) is 5.52 Å². The maximum atomic E-state index is 9.18. The van der Waals surface area contributed by atoms with Gasteiger partial charge in [0.05, 0.1) is 0 Å². The third-order valence-electron chi connectivity index (χ3n) is 1.29. The Balaban J connectivity index is 2.91. The molecule has 0 bridgehead atoms. The van der Waals surface area contributed by atoms with E-state index < -0.39 is 0 Å². The summed E-state index contributed by atoms with van der Waals surface area (Å²) in [6.07, 6.45) is 0. The second-order valence-corrected chi connectivity index (χ2v) is 2.10. The number of fused-ring (bicyclic) bond motifs is 1. The van der Waals surface area contributed by atoms with Crippen molar-refractivity contribution in [3.05, 3.63) is 5.82 Å². The van der Waals surface area contributed by atoms with Gasteiger partial charge in [-0.05, 0) is 6.92 Å². The molecular formula is C5H5N5O. The van der Waals surface area contributed by atoms with E-state index in [0.29, 0.717) is 17.0 Å². The van der Waals surface area contributed by atoms with Crippen LogP contribution < -0.4 is 0 Å². The Kier molecular flexibility index (Phi) is 1.03. The van der Waals surface area contributed by atoms with Crippen LogP contribution in [-0.4, -0.2) is 30.5 Å². The monoisotopic (exact) mass is 151 g/mol. The van der Waals surface area contributed by atoms with Crippen LogP contribution in [0.15, 0.2) is 0 Å². The maximum Gasteiger partial charge on any atom is 0.242 e. The number of aromatic amines is 1. The zero-order chi connectivity index (χ0) is 7.84. The first-order valence-corrected chi connectivity index (χ1v) is 3.02. The van der Waals surface area contributed by atoms with Crippen LogP contribution >= 0.6 is 0 Å². The van der Waals surface area contributed by atoms with Gasteiger partial charge in [0.2, 0.25) is 11.5 Å². The second kappa shape index (κ2) is 1.88. The Morgan fingerprint density at radius 3 is 3.00 bits per heavy atom. The number of nitrogens with one attached hydrogen (secondary N) is 1. The zero-order valence-electron chi connectivity index (χ0n) is 5.74. The van der Waals surface area contributed by atoms with Gasteiger partial charge >= 0.3 is 0 Å². The van der Waals surface area contributed by atoms with Gasteiger partial charge in [0.1, 0.15) is 5.82 Å². The van der Waals surface area contributed by atoms with Gasteiger partial charge in [0.25, 0.3) is 0 Å². The van der Waals surface area contributed by atoms with Crippen molar-refractivity contribution in [2.45, 2.75) is 6.92 Å². The second-order valence-electron chi connectivity index (χ2n) is 2.10. The number of rotatable bonds is 0. The van der Waals surface area contributed by atoms with Gasteiger partial charge in [0, 0.05) is 0 Å². The molecule has 2 rings (SSSR count). The molecule has 0 unspecified atom stereocenters. The highest BCUT2D eigenvalue weighted by atomic mass is 16.3. The standard InChI is InChI=1S/C5H5N5O/c1-2-6-4-3(5(11)7-2)8-10-9-4/h1H3,(H2,6,7,8,9,10,11). The van der Waals surface area contributed by atoms with Crippen LogP contribution in [0.4, 0.5) is 0 Å². The van der Waals surface area contributed by atoms with E-state index in [9.17, 15) is 5.11 Å². The van der Waals surface area contributed by atoms with E-state index in [2.05, 4.69) is 25.4 Å². The number of H-pyrrole nitrogens is 1. The number of aromatic hydroxyl groups is 1. The Morgan fingerprint density at radius 1 is 1.36 bits per heavy atom. The Hall–Kier alpha value is -1.72. The summed E-state index contributed by atoms with van der Waals surface area (Å²) in [7, 11) is 0. The minimum absolute atomic E-state index is 0.113. The predicted molar refractivity (Wildman–Crippen MR) is 35.9 cm³/mol. The van der Waals surface area contributed by atoms with Crippen molar-refractivity contribution in [2.75, 3.05) is 0 Å². The van der Waals surface area contributed by atoms with Crippen molar-refractivity contribution in [3.8, 4) is 5.88 Å². The van der Waals surface area contributed by atoms with Crippen LogP contribution in [0, 0.1) is 6.92 Å². The molecule has 0 aromatic carbocycles. The molecule has 2 aromatic heterocycles. The molecule has 0 saturated heterocycles. The molecule has 2 heterocycles. The summed E-state index contributed by atoms with van der Waals surface area (Å²) in [5.74, 6) is 0.362. The van der Waals surface area contributed by atoms with E-state index in [1.165, 1.54) is 0 Å². The molecular weight excluding hydrogens is 146 g/mol. The molecule has 0 fully saturated rings. The average molecular weight is 151 g/mol. The fourth-order valence-corrected chi connectivity index (χ4v) is 0.838. The van der Waals surface area contributed by atoms with Crippen LogP contribution in [0.25, 0.3) is 11.2 Å². The summed E-state index contributed by atoms with van der Waals surface area (Å²) in [6.45, 7) is 1.67. The molecule has 0 amide bonds. The normalized spacial score (nSPS) is 10.6. The molecule has 0 aliphatic heterocycles. The van der Waals surface area contributed by atoms with Gasteiger partial charge in [-0.1, -0.05) is 5.21 Å². The summed E-state index contributed by atoms with van der Waals surface area (Å²) in [5.41, 5.74) is 0.755. The largest absolute Gasteiger partial charge is 0.492 e. The van der Waals surface area contributed by atoms with Gasteiger partial charge in [-0.3, -0.25) is 5.10 Å². The van der Waals surface area contributed by atoms with Gasteiger partial charge in [-0.15, -0.1) is 5.10 Å². The third kappa shape index (κ3) is 0.794. The number of aromatic nitrogens is 5. The summed E-state index contributed by atoms with van der Waals surface area (Å²) >= 11 is 0. The van der Waals surface area contributed by atoms with Crippen LogP contribution in [0.2, 0.25) is 0 Å². The van der Waals surface area contributed by atoms with Crippen molar-refractivity contribution in [3.63, 3.8) is 0 Å². The summed E-state index contributed by atoms with van der Waals surface area (Å²) in [5, 5.41) is 18.7. The zero-order valence-corrected chi connectivity index (χ0v) is 5.74. The molecule has 6 heteroatoms. The SMILES string of the molecule is Cc1nc(O)c2[nH]nnc2n1. The number of hydrogen-bond donors (Lipinski definition) is 2. The molecule has 6 nitrogen and oxygen atoms in total. The van der Waals surface area contributed by atoms with Crippen molar-refractivity contribution in [2.24, 2.45) is 0 Å². The Bertz CT molecular complexity index is 395. The Morgan fingerprint density at radius 2 is 2.18 bits per heavy atom. The first-order chi connectivity index (χ1) is 5.27. The fourth-order valence-electron chi connectivity index (χ4n) is 0.838. The highest BCUT2D eigenvalue weighted by Crippen LogP contribution is 2.14. The highest BCUT2D eigenvalue weighted by Gasteiger charge is 2.05. The van der Waals surface area contributed by atoms with Crippen LogP contribution in [0.3, 0.4) is 0 Å². The average Bonchev–Trinajstić information content (AvgIpc) is 2.34. The molecule has 0 atom stereocenters. The van der Waals surface area contributed by atoms with E-state index in [1.54, 1.807) is 6.92 Å². The van der Waals surface area contributed by atoms with E-state index in [0.717, 1.165) is 0 Å². The van der Waals surface area contributed by atoms with Crippen molar-refractivity contribution in [1.82, 2.24) is 25.4 Å². The highest BCUT2D eigenvalue weighted by molar-refractivity contribution is 5.73. The lowest BCUT2D eigenvalue weighted by atomic mass is 10.5. The number of nitrogens with zero attached hydrogens (tertiary/aromatic N) is 4. The summed E-state index contributed by atoms with van der Waals surface area (Å²) in [6, 6.07) is 0. The lowest BCUT2D eigenvalue weighted by molar-refractivity contribution is 0.456. The summed E-state index contributed by atoms with van der Waals surface area (Å²) < 4.78 is 0. The maximum absolute atomic E-state index is 9.18. The van der Waals surface area contributed by atoms with Crippen molar-refractivity contribution in [1.29, 1.82) is 0 Å². The lowest BCUT2D eigenvalue weighted by Gasteiger charge is -1.92. The lowest BCUT2D eigenvalue weighted by Crippen LogP contribution is -1.88. The summed E-state index contributed by atoms with van der Waals surface area (Å²) in [4.78, 5) is 7.63. The minimum atomic E-state index is -0.113. The van der Waals surface area contributed by atoms with Crippen LogP contribution in [0.5, 0.6) is 5.88 Å². The molecule has 2 N–H and O–H groups in total. The van der Waals surface area contributed by atoms with E-state index >= 15 is 0 Å². The van der Waals surface area contributed by atoms with Crippen molar-refractivity contribution >= 4 is 11.2 Å². The first kappa shape index (κ1) is 6.02. The molecule has 11 heavy (non-hydrogen) atoms. The topological polar surface area (TPSA) is 87.6 Å². The quantitative estimate of drug-likeness (QED) is 0.542. The molecule has 2 aromatic rings. The first-order valence-electron chi connectivity index (χ1n) is 3.02. The molecule has 56 valence electrons. The predicted octanol–water partition coefficient (Wildman–Crippen LogP) is -0.238. The number of aryl methyl sites for hydroxylation is 1. The van der Waals surface area contributed by atoms with Gasteiger partial charge in [-0.25, -0.2) is 4.98 Å². The molecule has 0 aliphatic rings. The fraction of sp³-hybridized carbons (Fsp3) is 0.200. The smallest absolute Gasteiger partial charge is 0.242 e. The third-order valence-corrected chi connectivity index (χ3v) is 1.29.